The summed E-state index contributed by atoms with van der Waals surface area (Å²) in [5.41, 5.74) is 9.68. The molecule has 6 rings (SSSR count). The molecule has 4 aromatic rings. The van der Waals surface area contributed by atoms with Crippen molar-refractivity contribution in [3.05, 3.63) is 59.1 Å². The Labute approximate surface area is 196 Å². The fourth-order valence-corrected chi connectivity index (χ4v) is 5.87. The molecule has 8 heteroatoms. The number of nitrogen functional groups attached to an aromatic ring is 1. The summed E-state index contributed by atoms with van der Waals surface area (Å²) in [4.78, 5) is 13.2. The molecular weight excluding hydrogens is 438 g/mol. The molecule has 1 unspecified atom stereocenters. The van der Waals surface area contributed by atoms with E-state index in [1.807, 2.05) is 35.9 Å². The highest BCUT2D eigenvalue weighted by atomic mass is 35.5. The highest BCUT2D eigenvalue weighted by Gasteiger charge is 2.49. The predicted octanol–water partition coefficient (Wildman–Crippen LogP) is 4.44. The molecule has 3 N–H and O–H groups in total. The number of hydrogen-bond donors (Lipinski definition) is 2. The minimum absolute atomic E-state index is 0.00178. The van der Waals surface area contributed by atoms with Gasteiger partial charge in [0.1, 0.15) is 23.9 Å². The molecule has 170 valence electrons. The van der Waals surface area contributed by atoms with Crippen LogP contribution in [0.25, 0.3) is 21.9 Å². The van der Waals surface area contributed by atoms with Crippen LogP contribution in [-0.2, 0) is 11.2 Å². The summed E-state index contributed by atoms with van der Waals surface area (Å²) in [5, 5.41) is 13.7. The quantitative estimate of drug-likeness (QED) is 0.466. The van der Waals surface area contributed by atoms with Gasteiger partial charge in [-0.25, -0.2) is 15.0 Å². The lowest BCUT2D eigenvalue weighted by Crippen LogP contribution is -2.35. The summed E-state index contributed by atoms with van der Waals surface area (Å²) in [6, 6.07) is 10.1. The van der Waals surface area contributed by atoms with E-state index >= 15 is 0 Å². The molecular formula is C25H26ClN5O2. The van der Waals surface area contributed by atoms with Crippen molar-refractivity contribution < 1.29 is 9.84 Å². The summed E-state index contributed by atoms with van der Waals surface area (Å²) < 4.78 is 8.55. The van der Waals surface area contributed by atoms with Crippen LogP contribution < -0.4 is 5.73 Å². The van der Waals surface area contributed by atoms with Crippen molar-refractivity contribution in [2.24, 2.45) is 11.8 Å². The van der Waals surface area contributed by atoms with E-state index < -0.39 is 12.3 Å². The molecule has 0 amide bonds. The molecule has 1 aromatic carbocycles. The third kappa shape index (κ3) is 3.46. The fourth-order valence-electron chi connectivity index (χ4n) is 5.71. The zero-order chi connectivity index (χ0) is 22.7. The molecule has 4 heterocycles. The van der Waals surface area contributed by atoms with Crippen molar-refractivity contribution in [2.45, 2.75) is 51.0 Å². The number of aliphatic hydroxyl groups excluding tert-OH is 1. The summed E-state index contributed by atoms with van der Waals surface area (Å²) in [6.45, 7) is 1.97. The van der Waals surface area contributed by atoms with Crippen molar-refractivity contribution in [1.82, 2.24) is 19.5 Å². The maximum absolute atomic E-state index is 11.2. The Morgan fingerprint density at radius 3 is 2.97 bits per heavy atom. The highest BCUT2D eigenvalue weighted by molar-refractivity contribution is 6.33. The van der Waals surface area contributed by atoms with Gasteiger partial charge in [-0.15, -0.1) is 0 Å². The van der Waals surface area contributed by atoms with Gasteiger partial charge in [0.2, 0.25) is 0 Å². The normalized spacial score (nSPS) is 27.3. The molecule has 2 aliphatic rings. The van der Waals surface area contributed by atoms with Gasteiger partial charge in [0.25, 0.3) is 0 Å². The molecule has 5 atom stereocenters. The minimum Gasteiger partial charge on any atom is -0.388 e. The zero-order valence-corrected chi connectivity index (χ0v) is 19.1. The van der Waals surface area contributed by atoms with Crippen LogP contribution in [0.2, 0.25) is 5.02 Å². The van der Waals surface area contributed by atoms with Gasteiger partial charge in [-0.2, -0.15) is 0 Å². The molecule has 0 spiro atoms. The third-order valence-electron chi connectivity index (χ3n) is 7.37. The average molecular weight is 464 g/mol. The lowest BCUT2D eigenvalue weighted by atomic mass is 9.75. The van der Waals surface area contributed by atoms with Gasteiger partial charge < -0.3 is 20.1 Å². The number of rotatable bonds is 3. The number of benzene rings is 1. The number of anilines is 1. The summed E-state index contributed by atoms with van der Waals surface area (Å²) in [6.07, 6.45) is 6.52. The van der Waals surface area contributed by atoms with Crippen LogP contribution >= 0.6 is 11.6 Å². The van der Waals surface area contributed by atoms with Crippen LogP contribution in [0, 0.1) is 18.8 Å². The van der Waals surface area contributed by atoms with Crippen LogP contribution in [0.1, 0.15) is 36.7 Å². The van der Waals surface area contributed by atoms with Crippen molar-refractivity contribution >= 4 is 39.4 Å². The second-order valence-corrected chi connectivity index (χ2v) is 9.75. The Balaban J connectivity index is 1.28. The Morgan fingerprint density at radius 2 is 2.09 bits per heavy atom. The Morgan fingerprint density at radius 1 is 1.21 bits per heavy atom. The first-order chi connectivity index (χ1) is 16.0. The van der Waals surface area contributed by atoms with E-state index in [9.17, 15) is 5.11 Å². The van der Waals surface area contributed by atoms with Gasteiger partial charge in [0.15, 0.2) is 6.23 Å². The van der Waals surface area contributed by atoms with E-state index in [0.717, 1.165) is 53.3 Å². The van der Waals surface area contributed by atoms with E-state index in [0.29, 0.717) is 16.8 Å². The minimum atomic E-state index is -0.566. The lowest BCUT2D eigenvalue weighted by molar-refractivity contribution is -0.0564. The largest absolute Gasteiger partial charge is 0.388 e. The van der Waals surface area contributed by atoms with Gasteiger partial charge in [-0.05, 0) is 55.9 Å². The first-order valence-electron chi connectivity index (χ1n) is 11.5. The molecule has 7 nitrogen and oxygen atoms in total. The van der Waals surface area contributed by atoms with Gasteiger partial charge >= 0.3 is 0 Å². The number of hydrogen-bond acceptors (Lipinski definition) is 6. The van der Waals surface area contributed by atoms with Gasteiger partial charge in [-0.1, -0.05) is 30.2 Å². The smallest absolute Gasteiger partial charge is 0.161 e. The topological polar surface area (TPSA) is 99.1 Å². The molecule has 1 saturated carbocycles. The maximum Gasteiger partial charge on any atom is 0.161 e. The standard InChI is InChI=1S/C25H26ClN5O2/c1-13-17-7-8-31(24(17)29-12-28-13)25-21(32)18-4-2-3-16(22(18)33-25)9-14-5-6-15-11-19(26)23(27)30-20(15)10-14/h5-8,10-12,16,18,21-22,25,32H,2-4,9H2,1H3,(H2,27,30)/t16-,18?,21-,22-,25-/m1/s1. The number of aromatic nitrogens is 4. The number of nitrogens with two attached hydrogens (primary N) is 1. The molecule has 33 heavy (non-hydrogen) atoms. The van der Waals surface area contributed by atoms with Crippen molar-refractivity contribution in [2.75, 3.05) is 5.73 Å². The monoisotopic (exact) mass is 463 g/mol. The average Bonchev–Trinajstić information content (AvgIpc) is 3.37. The molecule has 1 aliphatic carbocycles. The molecule has 1 saturated heterocycles. The Bertz CT molecular complexity index is 1360. The maximum atomic E-state index is 11.2. The number of aryl methyl sites for hydroxylation is 1. The van der Waals surface area contributed by atoms with Gasteiger partial charge in [0, 0.05) is 22.9 Å². The molecule has 1 aliphatic heterocycles. The number of aliphatic hydroxyl groups is 1. The Hall–Kier alpha value is -2.74. The van der Waals surface area contributed by atoms with E-state index in [2.05, 4.69) is 27.1 Å². The first-order valence-corrected chi connectivity index (χ1v) is 11.8. The number of nitrogens with zero attached hydrogens (tertiary/aromatic N) is 4. The van der Waals surface area contributed by atoms with Crippen LogP contribution in [0.4, 0.5) is 5.82 Å². The van der Waals surface area contributed by atoms with Crippen LogP contribution in [0.3, 0.4) is 0 Å². The van der Waals surface area contributed by atoms with Crippen molar-refractivity contribution in [1.29, 1.82) is 0 Å². The van der Waals surface area contributed by atoms with Crippen LogP contribution in [0.15, 0.2) is 42.9 Å². The first kappa shape index (κ1) is 20.8. The summed E-state index contributed by atoms with van der Waals surface area (Å²) >= 11 is 6.12. The summed E-state index contributed by atoms with van der Waals surface area (Å²) in [7, 11) is 0. The zero-order valence-electron chi connectivity index (χ0n) is 18.4. The third-order valence-corrected chi connectivity index (χ3v) is 7.67. The second kappa shape index (κ2) is 7.94. The van der Waals surface area contributed by atoms with E-state index in [1.165, 1.54) is 5.56 Å². The molecule has 3 aromatic heterocycles. The number of fused-ring (bicyclic) bond motifs is 3. The number of pyridine rings is 1. The summed E-state index contributed by atoms with van der Waals surface area (Å²) in [5.74, 6) is 0.785. The fraction of sp³-hybridized carbons (Fsp3) is 0.400. The SMILES string of the molecule is Cc1ncnc2c1ccn2[C@@H]1O[C@H]2C(CCC[C@@H]2Cc2ccc3cc(Cl)c(N)nc3c2)[C@H]1O. The highest BCUT2D eigenvalue weighted by Crippen LogP contribution is 2.46. The van der Waals surface area contributed by atoms with Crippen molar-refractivity contribution in [3.63, 3.8) is 0 Å². The second-order valence-electron chi connectivity index (χ2n) is 9.34. The Kier molecular flexibility index (Phi) is 5.01. The van der Waals surface area contributed by atoms with E-state index in [4.69, 9.17) is 22.1 Å². The van der Waals surface area contributed by atoms with E-state index in [-0.39, 0.29) is 12.0 Å². The predicted molar refractivity (Wildman–Crippen MR) is 128 cm³/mol. The van der Waals surface area contributed by atoms with Crippen LogP contribution in [-0.4, -0.2) is 36.8 Å². The van der Waals surface area contributed by atoms with Crippen molar-refractivity contribution in [3.8, 4) is 0 Å². The number of halogens is 1. The molecule has 0 bridgehead atoms. The van der Waals surface area contributed by atoms with Gasteiger partial charge in [0.05, 0.1) is 22.3 Å². The van der Waals surface area contributed by atoms with Crippen LogP contribution in [0.5, 0.6) is 0 Å². The molecule has 0 radical (unpaired) electrons. The number of ether oxygens (including phenoxy) is 1. The van der Waals surface area contributed by atoms with Gasteiger partial charge in [-0.3, -0.25) is 0 Å². The lowest BCUT2D eigenvalue weighted by Gasteiger charge is -2.33. The molecule has 2 fully saturated rings. The van der Waals surface area contributed by atoms with E-state index in [1.54, 1.807) is 6.33 Å².